The molecule has 0 saturated carbocycles. The summed E-state index contributed by atoms with van der Waals surface area (Å²) in [6, 6.07) is 9.20. The van der Waals surface area contributed by atoms with Gasteiger partial charge in [-0.15, -0.1) is 0 Å². The summed E-state index contributed by atoms with van der Waals surface area (Å²) in [5.41, 5.74) is 2.28. The molecule has 0 spiro atoms. The average Bonchev–Trinajstić information content (AvgIpc) is 3.35. The Hall–Kier alpha value is -2.08. The second-order valence-corrected chi connectivity index (χ2v) is 8.87. The van der Waals surface area contributed by atoms with Crippen LogP contribution in [0.3, 0.4) is 0 Å². The number of carbonyl (C=O) groups excluding carboxylic acids is 2. The molecule has 1 aromatic rings. The van der Waals surface area contributed by atoms with Gasteiger partial charge in [0.25, 0.3) is 0 Å². The largest absolute Gasteiger partial charge is 0.453 e. The molecule has 1 aromatic carbocycles. The van der Waals surface area contributed by atoms with E-state index in [0.29, 0.717) is 30.5 Å². The maximum atomic E-state index is 12.6. The Labute approximate surface area is 166 Å². The SMILES string of the molecule is COC(=O)N1[C@H]2CC[C@H]1CC(CN1CC[C@@H](N3C(=O)Cc4ccccc43)C1)C2. The van der Waals surface area contributed by atoms with Crippen LogP contribution in [-0.2, 0) is 16.0 Å². The van der Waals surface area contributed by atoms with Crippen molar-refractivity contribution in [2.75, 3.05) is 31.6 Å². The van der Waals surface area contributed by atoms with Crippen molar-refractivity contribution in [3.63, 3.8) is 0 Å². The summed E-state index contributed by atoms with van der Waals surface area (Å²) in [5.74, 6) is 0.885. The fourth-order valence-corrected chi connectivity index (χ4v) is 6.07. The molecule has 4 aliphatic rings. The Morgan fingerprint density at radius 1 is 1.11 bits per heavy atom. The van der Waals surface area contributed by atoms with E-state index in [1.165, 1.54) is 7.11 Å². The first-order chi connectivity index (χ1) is 13.6. The standard InChI is InChI=1S/C22H29N3O3/c1-28-22(27)24-17-6-7-18(24)11-15(10-17)13-23-9-8-19(14-23)25-20-5-3-2-4-16(20)12-21(25)26/h2-5,15,17-19H,6-14H2,1H3/t17-,18-,19+/m0/s1. The maximum absolute atomic E-state index is 12.6. The number of anilines is 1. The molecule has 3 saturated heterocycles. The number of likely N-dealkylation sites (tertiary alicyclic amines) is 1. The van der Waals surface area contributed by atoms with Gasteiger partial charge in [0.1, 0.15) is 0 Å². The minimum atomic E-state index is -0.154. The highest BCUT2D eigenvalue weighted by atomic mass is 16.5. The van der Waals surface area contributed by atoms with Crippen LogP contribution in [-0.4, -0.2) is 66.7 Å². The molecule has 28 heavy (non-hydrogen) atoms. The molecular formula is C22H29N3O3. The van der Waals surface area contributed by atoms with Crippen LogP contribution < -0.4 is 4.90 Å². The molecule has 0 aromatic heterocycles. The third-order valence-electron chi connectivity index (χ3n) is 7.21. The third-order valence-corrected chi connectivity index (χ3v) is 7.21. The number of benzene rings is 1. The predicted molar refractivity (Wildman–Crippen MR) is 106 cm³/mol. The Kier molecular flexibility index (Phi) is 4.54. The smallest absolute Gasteiger partial charge is 0.409 e. The van der Waals surface area contributed by atoms with Crippen LogP contribution in [0.15, 0.2) is 24.3 Å². The first kappa shape index (κ1) is 18.0. The molecular weight excluding hydrogens is 354 g/mol. The van der Waals surface area contributed by atoms with Crippen LogP contribution in [0.4, 0.5) is 10.5 Å². The van der Waals surface area contributed by atoms with Crippen molar-refractivity contribution >= 4 is 17.7 Å². The lowest BCUT2D eigenvalue weighted by Crippen LogP contribution is -2.48. The number of nitrogens with zero attached hydrogens (tertiary/aromatic N) is 3. The molecule has 0 unspecified atom stereocenters. The van der Waals surface area contributed by atoms with E-state index in [0.717, 1.165) is 63.0 Å². The lowest BCUT2D eigenvalue weighted by molar-refractivity contribution is -0.117. The van der Waals surface area contributed by atoms with Crippen molar-refractivity contribution < 1.29 is 14.3 Å². The number of piperidine rings is 1. The molecule has 6 nitrogen and oxygen atoms in total. The molecule has 4 heterocycles. The van der Waals surface area contributed by atoms with E-state index in [-0.39, 0.29) is 12.0 Å². The number of methoxy groups -OCH3 is 1. The number of ether oxygens (including phenoxy) is 1. The summed E-state index contributed by atoms with van der Waals surface area (Å²) >= 11 is 0. The zero-order valence-electron chi connectivity index (χ0n) is 16.5. The van der Waals surface area contributed by atoms with Crippen molar-refractivity contribution in [1.82, 2.24) is 9.80 Å². The highest BCUT2D eigenvalue weighted by Gasteiger charge is 2.45. The first-order valence-corrected chi connectivity index (χ1v) is 10.6. The monoisotopic (exact) mass is 383 g/mol. The first-order valence-electron chi connectivity index (χ1n) is 10.6. The minimum Gasteiger partial charge on any atom is -0.453 e. The Morgan fingerprint density at radius 2 is 1.86 bits per heavy atom. The molecule has 0 radical (unpaired) electrons. The van der Waals surface area contributed by atoms with Crippen molar-refractivity contribution in [3.05, 3.63) is 29.8 Å². The van der Waals surface area contributed by atoms with E-state index < -0.39 is 0 Å². The van der Waals surface area contributed by atoms with Gasteiger partial charge < -0.3 is 19.4 Å². The van der Waals surface area contributed by atoms with Gasteiger partial charge in [-0.2, -0.15) is 0 Å². The molecule has 6 heteroatoms. The van der Waals surface area contributed by atoms with E-state index in [4.69, 9.17) is 4.74 Å². The molecule has 0 aliphatic carbocycles. The van der Waals surface area contributed by atoms with E-state index >= 15 is 0 Å². The average molecular weight is 383 g/mol. The predicted octanol–water partition coefficient (Wildman–Crippen LogP) is 2.66. The fourth-order valence-electron chi connectivity index (χ4n) is 6.07. The Morgan fingerprint density at radius 3 is 2.61 bits per heavy atom. The summed E-state index contributed by atoms with van der Waals surface area (Å²) in [6.07, 6.45) is 5.82. The van der Waals surface area contributed by atoms with Crippen molar-refractivity contribution in [1.29, 1.82) is 0 Å². The minimum absolute atomic E-state index is 0.154. The van der Waals surface area contributed by atoms with Crippen molar-refractivity contribution in [3.8, 4) is 0 Å². The van der Waals surface area contributed by atoms with E-state index in [1.807, 2.05) is 17.0 Å². The van der Waals surface area contributed by atoms with Gasteiger partial charge in [0.05, 0.1) is 19.6 Å². The molecule has 4 aliphatic heterocycles. The van der Waals surface area contributed by atoms with Crippen molar-refractivity contribution in [2.24, 2.45) is 5.92 Å². The Bertz CT molecular complexity index is 768. The van der Waals surface area contributed by atoms with Crippen LogP contribution in [0.5, 0.6) is 0 Å². The number of hydrogen-bond acceptors (Lipinski definition) is 4. The highest BCUT2D eigenvalue weighted by molar-refractivity contribution is 6.01. The van der Waals surface area contributed by atoms with E-state index in [1.54, 1.807) is 0 Å². The summed E-state index contributed by atoms with van der Waals surface area (Å²) in [4.78, 5) is 31.2. The van der Waals surface area contributed by atoms with Gasteiger partial charge in [0, 0.05) is 37.4 Å². The summed E-state index contributed by atoms with van der Waals surface area (Å²) in [7, 11) is 1.48. The normalized spacial score (nSPS) is 32.1. The van der Waals surface area contributed by atoms with Crippen LogP contribution in [0.1, 0.15) is 37.7 Å². The van der Waals surface area contributed by atoms with Crippen LogP contribution in [0, 0.1) is 5.92 Å². The summed E-state index contributed by atoms with van der Waals surface area (Å²) in [6.45, 7) is 3.11. The lowest BCUT2D eigenvalue weighted by atomic mass is 9.90. The molecule has 3 fully saturated rings. The van der Waals surface area contributed by atoms with Gasteiger partial charge in [-0.1, -0.05) is 18.2 Å². The van der Waals surface area contributed by atoms with Crippen LogP contribution >= 0.6 is 0 Å². The number of fused-ring (bicyclic) bond motifs is 3. The second-order valence-electron chi connectivity index (χ2n) is 8.87. The molecule has 3 atom stereocenters. The summed E-state index contributed by atoms with van der Waals surface area (Å²) < 4.78 is 4.99. The number of rotatable bonds is 3. The van der Waals surface area contributed by atoms with E-state index in [2.05, 4.69) is 21.9 Å². The summed E-state index contributed by atoms with van der Waals surface area (Å²) in [5, 5.41) is 0. The van der Waals surface area contributed by atoms with Gasteiger partial charge in [-0.05, 0) is 49.7 Å². The fraction of sp³-hybridized carbons (Fsp3) is 0.636. The second kappa shape index (κ2) is 7.07. The quantitative estimate of drug-likeness (QED) is 0.805. The van der Waals surface area contributed by atoms with Gasteiger partial charge >= 0.3 is 6.09 Å². The molecule has 5 rings (SSSR count). The van der Waals surface area contributed by atoms with Crippen molar-refractivity contribution in [2.45, 2.75) is 56.7 Å². The number of amides is 2. The van der Waals surface area contributed by atoms with E-state index in [9.17, 15) is 9.59 Å². The number of para-hydroxylation sites is 1. The van der Waals surface area contributed by atoms with Gasteiger partial charge in [0.2, 0.25) is 5.91 Å². The number of hydrogen-bond donors (Lipinski definition) is 0. The lowest BCUT2D eigenvalue weighted by Gasteiger charge is -2.39. The topological polar surface area (TPSA) is 53.1 Å². The van der Waals surface area contributed by atoms with Gasteiger partial charge in [-0.25, -0.2) is 4.79 Å². The highest BCUT2D eigenvalue weighted by Crippen LogP contribution is 2.40. The zero-order chi connectivity index (χ0) is 19.3. The van der Waals surface area contributed by atoms with Gasteiger partial charge in [0.15, 0.2) is 0 Å². The van der Waals surface area contributed by atoms with Crippen LogP contribution in [0.2, 0.25) is 0 Å². The molecule has 2 bridgehead atoms. The molecule has 150 valence electrons. The maximum Gasteiger partial charge on any atom is 0.409 e. The van der Waals surface area contributed by atoms with Gasteiger partial charge in [-0.3, -0.25) is 4.79 Å². The van der Waals surface area contributed by atoms with Crippen LogP contribution in [0.25, 0.3) is 0 Å². The zero-order valence-corrected chi connectivity index (χ0v) is 16.5. The Balaban J connectivity index is 1.20. The molecule has 0 N–H and O–H groups in total. The molecule has 2 amide bonds. The third kappa shape index (κ3) is 2.98. The number of carbonyl (C=O) groups is 2.